The Bertz CT molecular complexity index is 322. The van der Waals surface area contributed by atoms with E-state index in [-0.39, 0.29) is 0 Å². The summed E-state index contributed by atoms with van der Waals surface area (Å²) in [6, 6.07) is 4.06. The highest BCUT2D eigenvalue weighted by atomic mass is 35.5. The van der Waals surface area contributed by atoms with Gasteiger partial charge in [-0.3, -0.25) is 0 Å². The normalized spacial score (nSPS) is 18.8. The maximum Gasteiger partial charge on any atom is 0.0931 e. The average Bonchev–Trinajstić information content (AvgIpc) is 2.56. The van der Waals surface area contributed by atoms with Gasteiger partial charge in [0, 0.05) is 16.8 Å². The third kappa shape index (κ3) is 3.18. The predicted molar refractivity (Wildman–Crippen MR) is 64.8 cm³/mol. The van der Waals surface area contributed by atoms with Gasteiger partial charge >= 0.3 is 0 Å². The van der Waals surface area contributed by atoms with Gasteiger partial charge in [-0.1, -0.05) is 18.5 Å². The Kier molecular flexibility index (Phi) is 3.67. The summed E-state index contributed by atoms with van der Waals surface area (Å²) in [5.74, 6) is 0. The van der Waals surface area contributed by atoms with Crippen LogP contribution in [0.25, 0.3) is 0 Å². The summed E-state index contributed by atoms with van der Waals surface area (Å²) in [6.07, 6.45) is 1.06. The first-order valence-electron chi connectivity index (χ1n) is 5.21. The molecule has 0 radical (unpaired) electrons. The Morgan fingerprint density at radius 3 is 2.87 bits per heavy atom. The molecule has 0 aromatic carbocycles. The first-order chi connectivity index (χ1) is 7.18. The number of thiophene rings is 1. The third-order valence-corrected chi connectivity index (χ3v) is 3.92. The van der Waals surface area contributed by atoms with Gasteiger partial charge in [-0.25, -0.2) is 0 Å². The molecule has 0 unspecified atom stereocenters. The zero-order valence-corrected chi connectivity index (χ0v) is 10.5. The second-order valence-electron chi connectivity index (χ2n) is 4.44. The second-order valence-corrected chi connectivity index (χ2v) is 6.24. The summed E-state index contributed by atoms with van der Waals surface area (Å²) in [5.41, 5.74) is 0.368. The van der Waals surface area contributed by atoms with Crippen LogP contribution >= 0.6 is 22.9 Å². The Hall–Kier alpha value is -0.0900. The van der Waals surface area contributed by atoms with Gasteiger partial charge in [-0.05, 0) is 25.1 Å². The summed E-state index contributed by atoms with van der Waals surface area (Å²) in [5, 5.41) is 3.47. The van der Waals surface area contributed by atoms with Gasteiger partial charge in [-0.15, -0.1) is 11.3 Å². The zero-order chi connectivity index (χ0) is 10.7. The van der Waals surface area contributed by atoms with Gasteiger partial charge in [-0.2, -0.15) is 0 Å². The van der Waals surface area contributed by atoms with Crippen LogP contribution in [0.1, 0.15) is 11.8 Å². The number of ether oxygens (including phenoxy) is 1. The molecule has 1 N–H and O–H groups in total. The van der Waals surface area contributed by atoms with E-state index in [0.29, 0.717) is 5.41 Å². The SMILES string of the molecule is CC1(CNCCc2ccc(Cl)s2)COC1. The van der Waals surface area contributed by atoms with Gasteiger partial charge in [0.15, 0.2) is 0 Å². The van der Waals surface area contributed by atoms with Gasteiger partial charge < -0.3 is 10.1 Å². The van der Waals surface area contributed by atoms with Crippen molar-refractivity contribution < 1.29 is 4.74 Å². The maximum atomic E-state index is 5.86. The number of hydrogen-bond donors (Lipinski definition) is 1. The molecule has 1 fully saturated rings. The second kappa shape index (κ2) is 4.83. The highest BCUT2D eigenvalue weighted by molar-refractivity contribution is 7.16. The molecule has 1 aromatic heterocycles. The van der Waals surface area contributed by atoms with Crippen LogP contribution in [0.15, 0.2) is 12.1 Å². The van der Waals surface area contributed by atoms with Crippen molar-refractivity contribution in [1.82, 2.24) is 5.32 Å². The summed E-state index contributed by atoms with van der Waals surface area (Å²) in [4.78, 5) is 1.35. The van der Waals surface area contributed by atoms with Crippen LogP contribution in [0.4, 0.5) is 0 Å². The van der Waals surface area contributed by atoms with Crippen molar-refractivity contribution in [3.05, 3.63) is 21.3 Å². The van der Waals surface area contributed by atoms with Crippen molar-refractivity contribution in [3.63, 3.8) is 0 Å². The molecule has 2 nitrogen and oxygen atoms in total. The monoisotopic (exact) mass is 245 g/mol. The first kappa shape index (κ1) is 11.4. The number of nitrogens with one attached hydrogen (secondary N) is 1. The molecule has 2 heterocycles. The lowest BCUT2D eigenvalue weighted by Crippen LogP contribution is -2.47. The van der Waals surface area contributed by atoms with E-state index in [4.69, 9.17) is 16.3 Å². The van der Waals surface area contributed by atoms with E-state index in [9.17, 15) is 0 Å². The lowest BCUT2D eigenvalue weighted by Gasteiger charge is -2.38. The summed E-state index contributed by atoms with van der Waals surface area (Å²) >= 11 is 7.53. The minimum absolute atomic E-state index is 0.368. The van der Waals surface area contributed by atoms with Crippen molar-refractivity contribution in [2.75, 3.05) is 26.3 Å². The number of rotatable bonds is 5. The van der Waals surface area contributed by atoms with Gasteiger partial charge in [0.1, 0.15) is 0 Å². The van der Waals surface area contributed by atoms with Crippen LogP contribution in [0.5, 0.6) is 0 Å². The number of hydrogen-bond acceptors (Lipinski definition) is 3. The molecule has 0 aliphatic carbocycles. The molecule has 0 amide bonds. The van der Waals surface area contributed by atoms with Gasteiger partial charge in [0.05, 0.1) is 17.6 Å². The van der Waals surface area contributed by atoms with E-state index in [1.807, 2.05) is 6.07 Å². The van der Waals surface area contributed by atoms with E-state index < -0.39 is 0 Å². The molecule has 4 heteroatoms. The Morgan fingerprint density at radius 1 is 1.53 bits per heavy atom. The van der Waals surface area contributed by atoms with Crippen LogP contribution in [-0.2, 0) is 11.2 Å². The largest absolute Gasteiger partial charge is 0.380 e. The molecule has 15 heavy (non-hydrogen) atoms. The molecule has 0 spiro atoms. The van der Waals surface area contributed by atoms with E-state index in [0.717, 1.165) is 37.1 Å². The molecule has 0 atom stereocenters. The fraction of sp³-hybridized carbons (Fsp3) is 0.636. The molecule has 1 aliphatic heterocycles. The van der Waals surface area contributed by atoms with Crippen molar-refractivity contribution in [3.8, 4) is 0 Å². The minimum atomic E-state index is 0.368. The van der Waals surface area contributed by atoms with Gasteiger partial charge in [0.2, 0.25) is 0 Å². The third-order valence-electron chi connectivity index (χ3n) is 2.63. The standard InChI is InChI=1S/C11H16ClNOS/c1-11(7-14-8-11)6-13-5-4-9-2-3-10(12)15-9/h2-3,13H,4-8H2,1H3. The van der Waals surface area contributed by atoms with Crippen molar-refractivity contribution >= 4 is 22.9 Å². The van der Waals surface area contributed by atoms with E-state index >= 15 is 0 Å². The van der Waals surface area contributed by atoms with Crippen molar-refractivity contribution in [1.29, 1.82) is 0 Å². The molecule has 1 saturated heterocycles. The number of halogens is 1. The zero-order valence-electron chi connectivity index (χ0n) is 8.88. The fourth-order valence-electron chi connectivity index (χ4n) is 1.64. The predicted octanol–water partition coefficient (Wildman–Crippen LogP) is 2.57. The van der Waals surface area contributed by atoms with Gasteiger partial charge in [0.25, 0.3) is 0 Å². The first-order valence-corrected chi connectivity index (χ1v) is 6.40. The van der Waals surface area contributed by atoms with E-state index in [2.05, 4.69) is 18.3 Å². The summed E-state index contributed by atoms with van der Waals surface area (Å²) < 4.78 is 6.08. The smallest absolute Gasteiger partial charge is 0.0931 e. The molecule has 0 saturated carbocycles. The van der Waals surface area contributed by atoms with Crippen LogP contribution < -0.4 is 5.32 Å². The lowest BCUT2D eigenvalue weighted by atomic mass is 9.89. The topological polar surface area (TPSA) is 21.3 Å². The quantitative estimate of drug-likeness (QED) is 0.806. The molecular weight excluding hydrogens is 230 g/mol. The highest BCUT2D eigenvalue weighted by Crippen LogP contribution is 2.25. The molecule has 84 valence electrons. The Balaban J connectivity index is 1.63. The highest BCUT2D eigenvalue weighted by Gasteiger charge is 2.32. The minimum Gasteiger partial charge on any atom is -0.380 e. The van der Waals surface area contributed by atoms with Crippen LogP contribution in [0.3, 0.4) is 0 Å². The molecule has 1 aliphatic rings. The van der Waals surface area contributed by atoms with Crippen molar-refractivity contribution in [2.24, 2.45) is 5.41 Å². The summed E-state index contributed by atoms with van der Waals surface area (Å²) in [7, 11) is 0. The molecule has 0 bridgehead atoms. The Labute approximate surface area is 99.6 Å². The molecule has 1 aromatic rings. The van der Waals surface area contributed by atoms with E-state index in [1.54, 1.807) is 11.3 Å². The fourth-order valence-corrected chi connectivity index (χ4v) is 2.73. The van der Waals surface area contributed by atoms with Crippen LogP contribution in [-0.4, -0.2) is 26.3 Å². The maximum absolute atomic E-state index is 5.86. The van der Waals surface area contributed by atoms with E-state index in [1.165, 1.54) is 4.88 Å². The average molecular weight is 246 g/mol. The lowest BCUT2D eigenvalue weighted by molar-refractivity contribution is -0.0988. The molecular formula is C11H16ClNOS. The van der Waals surface area contributed by atoms with Crippen molar-refractivity contribution in [2.45, 2.75) is 13.3 Å². The molecule has 2 rings (SSSR count). The Morgan fingerprint density at radius 2 is 2.33 bits per heavy atom. The van der Waals surface area contributed by atoms with Crippen LogP contribution in [0.2, 0.25) is 4.34 Å². The summed E-state index contributed by atoms with van der Waals surface area (Å²) in [6.45, 7) is 6.11. The van der Waals surface area contributed by atoms with Crippen LogP contribution in [0, 0.1) is 5.41 Å².